The van der Waals surface area contributed by atoms with E-state index in [1.54, 1.807) is 44.8 Å². The standard InChI is InChI=1S/C17H16BrN3O4/c1-10(22)21-17(11-5-4-6-19-9-11)25-16(20-21)12-7-13(18)15(24-3)8-14(12)23-2/h4-9,17H,1-3H3. The molecule has 0 aliphatic carbocycles. The van der Waals surface area contributed by atoms with Crippen molar-refractivity contribution in [1.82, 2.24) is 9.99 Å². The predicted molar refractivity (Wildman–Crippen MR) is 94.4 cm³/mol. The number of hydrazone groups is 1. The van der Waals surface area contributed by atoms with Crippen LogP contribution in [-0.2, 0) is 9.53 Å². The van der Waals surface area contributed by atoms with Crippen LogP contribution in [0.15, 0.2) is 46.2 Å². The van der Waals surface area contributed by atoms with Crippen molar-refractivity contribution >= 4 is 27.7 Å². The smallest absolute Gasteiger partial charge is 0.244 e. The van der Waals surface area contributed by atoms with Gasteiger partial charge in [-0.05, 0) is 28.1 Å². The molecule has 2 heterocycles. The SMILES string of the molecule is COc1cc(OC)c(C2=NN(C(C)=O)C(c3cccnc3)O2)cc1Br. The summed E-state index contributed by atoms with van der Waals surface area (Å²) >= 11 is 3.44. The van der Waals surface area contributed by atoms with E-state index in [-0.39, 0.29) is 11.8 Å². The number of amides is 1. The Morgan fingerprint density at radius 1 is 1.28 bits per heavy atom. The van der Waals surface area contributed by atoms with Gasteiger partial charge in [0.15, 0.2) is 0 Å². The van der Waals surface area contributed by atoms with Gasteiger partial charge in [-0.25, -0.2) is 0 Å². The summed E-state index contributed by atoms with van der Waals surface area (Å²) < 4.78 is 17.4. The first-order valence-electron chi connectivity index (χ1n) is 7.42. The molecular formula is C17H16BrN3O4. The number of aromatic nitrogens is 1. The van der Waals surface area contributed by atoms with E-state index in [1.807, 2.05) is 6.07 Å². The molecule has 1 aromatic heterocycles. The van der Waals surface area contributed by atoms with Crippen molar-refractivity contribution in [1.29, 1.82) is 0 Å². The number of carbonyl (C=O) groups is 1. The Morgan fingerprint density at radius 2 is 2.04 bits per heavy atom. The molecular weight excluding hydrogens is 390 g/mol. The molecule has 1 aromatic carbocycles. The molecule has 130 valence electrons. The lowest BCUT2D eigenvalue weighted by atomic mass is 10.2. The van der Waals surface area contributed by atoms with Gasteiger partial charge in [-0.15, -0.1) is 5.10 Å². The van der Waals surface area contributed by atoms with Crippen LogP contribution < -0.4 is 9.47 Å². The highest BCUT2D eigenvalue weighted by Gasteiger charge is 2.34. The van der Waals surface area contributed by atoms with Gasteiger partial charge in [-0.2, -0.15) is 5.01 Å². The summed E-state index contributed by atoms with van der Waals surface area (Å²) in [6, 6.07) is 7.11. The molecule has 7 nitrogen and oxygen atoms in total. The normalized spacial score (nSPS) is 16.2. The number of methoxy groups -OCH3 is 2. The number of hydrogen-bond acceptors (Lipinski definition) is 6. The lowest BCUT2D eigenvalue weighted by molar-refractivity contribution is -0.135. The van der Waals surface area contributed by atoms with Gasteiger partial charge in [0.05, 0.1) is 24.3 Å². The Labute approximate surface area is 153 Å². The van der Waals surface area contributed by atoms with Crippen molar-refractivity contribution in [3.63, 3.8) is 0 Å². The lowest BCUT2D eigenvalue weighted by Gasteiger charge is -2.19. The molecule has 1 aliphatic rings. The summed E-state index contributed by atoms with van der Waals surface area (Å²) in [7, 11) is 3.11. The van der Waals surface area contributed by atoms with Crippen molar-refractivity contribution in [2.75, 3.05) is 14.2 Å². The summed E-state index contributed by atoms with van der Waals surface area (Å²) in [6.07, 6.45) is 2.62. The minimum absolute atomic E-state index is 0.240. The van der Waals surface area contributed by atoms with Gasteiger partial charge in [0.2, 0.25) is 18.0 Å². The van der Waals surface area contributed by atoms with E-state index in [2.05, 4.69) is 26.0 Å². The van der Waals surface area contributed by atoms with Crippen LogP contribution >= 0.6 is 15.9 Å². The minimum atomic E-state index is -0.674. The van der Waals surface area contributed by atoms with Gasteiger partial charge in [0.1, 0.15) is 11.5 Å². The first-order valence-corrected chi connectivity index (χ1v) is 8.21. The molecule has 0 fully saturated rings. The average Bonchev–Trinajstić information content (AvgIpc) is 3.07. The summed E-state index contributed by atoms with van der Waals surface area (Å²) in [6.45, 7) is 1.43. The van der Waals surface area contributed by atoms with Crippen LogP contribution in [0.1, 0.15) is 24.3 Å². The third kappa shape index (κ3) is 3.30. The van der Waals surface area contributed by atoms with Crippen molar-refractivity contribution in [3.8, 4) is 11.5 Å². The number of hydrogen-bond donors (Lipinski definition) is 0. The van der Waals surface area contributed by atoms with E-state index < -0.39 is 6.23 Å². The molecule has 1 unspecified atom stereocenters. The van der Waals surface area contributed by atoms with Crippen LogP contribution in [0.25, 0.3) is 0 Å². The average molecular weight is 406 g/mol. The number of pyridine rings is 1. The first kappa shape index (κ1) is 17.2. The van der Waals surface area contributed by atoms with Crippen LogP contribution in [0.2, 0.25) is 0 Å². The molecule has 0 spiro atoms. The van der Waals surface area contributed by atoms with Crippen molar-refractivity contribution < 1.29 is 19.0 Å². The Balaban J connectivity index is 2.02. The molecule has 3 rings (SSSR count). The highest BCUT2D eigenvalue weighted by molar-refractivity contribution is 9.10. The zero-order valence-corrected chi connectivity index (χ0v) is 15.5. The number of rotatable bonds is 4. The highest BCUT2D eigenvalue weighted by Crippen LogP contribution is 2.37. The molecule has 0 saturated carbocycles. The second kappa shape index (κ2) is 7.10. The molecule has 0 N–H and O–H groups in total. The molecule has 1 atom stereocenters. The number of benzene rings is 1. The van der Waals surface area contributed by atoms with Crippen molar-refractivity contribution in [2.45, 2.75) is 13.2 Å². The van der Waals surface area contributed by atoms with E-state index in [9.17, 15) is 4.79 Å². The molecule has 0 saturated heterocycles. The number of halogens is 1. The fraction of sp³-hybridized carbons (Fsp3) is 0.235. The Kier molecular flexibility index (Phi) is 4.89. The molecule has 8 heteroatoms. The van der Waals surface area contributed by atoms with E-state index in [0.717, 1.165) is 10.0 Å². The Morgan fingerprint density at radius 3 is 2.64 bits per heavy atom. The topological polar surface area (TPSA) is 73.3 Å². The molecule has 1 aliphatic heterocycles. The highest BCUT2D eigenvalue weighted by atomic mass is 79.9. The van der Waals surface area contributed by atoms with Crippen LogP contribution in [0, 0.1) is 0 Å². The molecule has 0 bridgehead atoms. The summed E-state index contributed by atoms with van der Waals surface area (Å²) in [4.78, 5) is 16.1. The Hall–Kier alpha value is -2.61. The quantitative estimate of drug-likeness (QED) is 0.780. The van der Waals surface area contributed by atoms with Gasteiger partial charge in [0.25, 0.3) is 0 Å². The molecule has 2 aromatic rings. The fourth-order valence-electron chi connectivity index (χ4n) is 2.44. The summed E-state index contributed by atoms with van der Waals surface area (Å²) in [5.74, 6) is 1.18. The maximum Gasteiger partial charge on any atom is 0.244 e. The van der Waals surface area contributed by atoms with E-state index in [1.165, 1.54) is 11.9 Å². The molecule has 25 heavy (non-hydrogen) atoms. The minimum Gasteiger partial charge on any atom is -0.496 e. The third-order valence-corrected chi connectivity index (χ3v) is 4.26. The second-order valence-electron chi connectivity index (χ2n) is 5.21. The van der Waals surface area contributed by atoms with E-state index in [0.29, 0.717) is 17.1 Å². The van der Waals surface area contributed by atoms with Crippen LogP contribution in [-0.4, -0.2) is 36.0 Å². The number of carbonyl (C=O) groups excluding carboxylic acids is 1. The lowest BCUT2D eigenvalue weighted by Crippen LogP contribution is -2.25. The monoisotopic (exact) mass is 405 g/mol. The van der Waals surface area contributed by atoms with Crippen molar-refractivity contribution in [2.24, 2.45) is 5.10 Å². The predicted octanol–water partition coefficient (Wildman–Crippen LogP) is 3.10. The Bertz CT molecular complexity index is 826. The molecule has 0 radical (unpaired) electrons. The summed E-state index contributed by atoms with van der Waals surface area (Å²) in [5.41, 5.74) is 1.33. The van der Waals surface area contributed by atoms with Crippen molar-refractivity contribution in [3.05, 3.63) is 52.3 Å². The first-order chi connectivity index (χ1) is 12.0. The maximum absolute atomic E-state index is 12.0. The van der Waals surface area contributed by atoms with Gasteiger partial charge in [-0.1, -0.05) is 6.07 Å². The largest absolute Gasteiger partial charge is 0.496 e. The number of nitrogens with zero attached hydrogens (tertiary/aromatic N) is 3. The second-order valence-corrected chi connectivity index (χ2v) is 6.07. The zero-order chi connectivity index (χ0) is 18.0. The van der Waals surface area contributed by atoms with Gasteiger partial charge >= 0.3 is 0 Å². The van der Waals surface area contributed by atoms with Crippen LogP contribution in [0.4, 0.5) is 0 Å². The van der Waals surface area contributed by atoms with Gasteiger partial charge < -0.3 is 14.2 Å². The van der Waals surface area contributed by atoms with Gasteiger partial charge in [-0.3, -0.25) is 9.78 Å². The zero-order valence-electron chi connectivity index (χ0n) is 13.9. The summed E-state index contributed by atoms with van der Waals surface area (Å²) in [5, 5.41) is 5.61. The van der Waals surface area contributed by atoms with Crippen LogP contribution in [0.3, 0.4) is 0 Å². The third-order valence-electron chi connectivity index (χ3n) is 3.64. The molecule has 1 amide bonds. The van der Waals surface area contributed by atoms with E-state index >= 15 is 0 Å². The van der Waals surface area contributed by atoms with Gasteiger partial charge in [0, 0.05) is 30.9 Å². The number of ether oxygens (including phenoxy) is 3. The fourth-order valence-corrected chi connectivity index (χ4v) is 2.95. The van der Waals surface area contributed by atoms with Crippen LogP contribution in [0.5, 0.6) is 11.5 Å². The van der Waals surface area contributed by atoms with E-state index in [4.69, 9.17) is 14.2 Å². The maximum atomic E-state index is 12.0.